The number of aromatic nitrogens is 1. The highest BCUT2D eigenvalue weighted by Gasteiger charge is 2.24. The molecule has 0 aliphatic carbocycles. The Bertz CT molecular complexity index is 242. The van der Waals surface area contributed by atoms with Gasteiger partial charge in [-0.15, -0.1) is 0 Å². The summed E-state index contributed by atoms with van der Waals surface area (Å²) in [5, 5.41) is 3.78. The Balaban J connectivity index is 2.92. The summed E-state index contributed by atoms with van der Waals surface area (Å²) < 4.78 is 4.87. The number of hydrogen-bond donors (Lipinski definition) is 1. The zero-order chi connectivity index (χ0) is 8.48. The van der Waals surface area contributed by atoms with Gasteiger partial charge < -0.3 is 4.52 Å². The van der Waals surface area contributed by atoms with E-state index in [9.17, 15) is 0 Å². The summed E-state index contributed by atoms with van der Waals surface area (Å²) in [6.07, 6.45) is 0. The Morgan fingerprint density at radius 1 is 1.64 bits per heavy atom. The molecular weight excluding hydrogens is 144 g/mol. The zero-order valence-corrected chi connectivity index (χ0v) is 6.92. The van der Waals surface area contributed by atoms with Gasteiger partial charge in [-0.2, -0.15) is 0 Å². The minimum Gasteiger partial charge on any atom is -0.361 e. The maximum Gasteiger partial charge on any atom is 0.134 e. The first-order valence-electron chi connectivity index (χ1n) is 3.38. The number of rotatable bonds is 2. The summed E-state index contributed by atoms with van der Waals surface area (Å²) >= 11 is 0. The highest BCUT2D eigenvalue weighted by Crippen LogP contribution is 2.21. The van der Waals surface area contributed by atoms with Crippen LogP contribution in [0.4, 0.5) is 0 Å². The van der Waals surface area contributed by atoms with Gasteiger partial charge in [0.15, 0.2) is 0 Å². The molecule has 0 aliphatic heterocycles. The monoisotopic (exact) mass is 156 g/mol. The van der Waals surface area contributed by atoms with Crippen LogP contribution in [-0.2, 0) is 10.4 Å². The fraction of sp³-hybridized carbons (Fsp3) is 0.571. The van der Waals surface area contributed by atoms with Gasteiger partial charge in [-0.3, -0.25) is 4.84 Å². The van der Waals surface area contributed by atoms with Crippen LogP contribution in [0.3, 0.4) is 0 Å². The lowest BCUT2D eigenvalue weighted by atomic mass is 10.1. The molecule has 0 bridgehead atoms. The number of nitrogens with two attached hydrogens (primary N) is 1. The molecule has 0 fully saturated rings. The van der Waals surface area contributed by atoms with Crippen molar-refractivity contribution in [3.8, 4) is 0 Å². The van der Waals surface area contributed by atoms with Gasteiger partial charge in [-0.05, 0) is 20.8 Å². The summed E-state index contributed by atoms with van der Waals surface area (Å²) in [5.74, 6) is 5.82. The van der Waals surface area contributed by atoms with E-state index >= 15 is 0 Å². The van der Waals surface area contributed by atoms with Crippen LogP contribution in [0.5, 0.6) is 0 Å². The quantitative estimate of drug-likeness (QED) is 0.651. The molecule has 11 heavy (non-hydrogen) atoms. The molecule has 0 saturated heterocycles. The van der Waals surface area contributed by atoms with Gasteiger partial charge >= 0.3 is 0 Å². The first-order valence-corrected chi connectivity index (χ1v) is 3.38. The average Bonchev–Trinajstić information content (AvgIpc) is 2.36. The molecule has 0 radical (unpaired) electrons. The summed E-state index contributed by atoms with van der Waals surface area (Å²) in [5.41, 5.74) is 0.134. The molecule has 62 valence electrons. The molecule has 4 nitrogen and oxygen atoms in total. The van der Waals surface area contributed by atoms with E-state index in [0.29, 0.717) is 5.69 Å². The van der Waals surface area contributed by atoms with Crippen molar-refractivity contribution in [1.82, 2.24) is 5.16 Å². The van der Waals surface area contributed by atoms with E-state index in [2.05, 4.69) is 5.16 Å². The predicted octanol–water partition coefficient (Wildman–Crippen LogP) is 1.11. The Kier molecular flexibility index (Phi) is 1.97. The molecular formula is C7H12N2O2. The van der Waals surface area contributed by atoms with Crippen molar-refractivity contribution in [2.75, 3.05) is 0 Å². The second-order valence-electron chi connectivity index (χ2n) is 2.95. The number of aryl methyl sites for hydroxylation is 1. The molecule has 0 unspecified atom stereocenters. The zero-order valence-electron chi connectivity index (χ0n) is 6.92. The fourth-order valence-electron chi connectivity index (χ4n) is 0.711. The molecule has 4 heteroatoms. The van der Waals surface area contributed by atoms with Crippen LogP contribution in [-0.4, -0.2) is 5.16 Å². The van der Waals surface area contributed by atoms with E-state index in [1.807, 2.05) is 20.8 Å². The molecule has 0 aliphatic rings. The lowest BCUT2D eigenvalue weighted by molar-refractivity contribution is -0.0287. The van der Waals surface area contributed by atoms with Crippen molar-refractivity contribution >= 4 is 0 Å². The first-order chi connectivity index (χ1) is 5.06. The Morgan fingerprint density at radius 3 is 2.64 bits per heavy atom. The molecule has 1 aromatic heterocycles. The third kappa shape index (κ3) is 1.58. The maximum atomic E-state index is 5.07. The van der Waals surface area contributed by atoms with Crippen molar-refractivity contribution < 1.29 is 9.36 Å². The topological polar surface area (TPSA) is 61.3 Å². The van der Waals surface area contributed by atoms with Gasteiger partial charge in [-0.1, -0.05) is 5.16 Å². The summed E-state index contributed by atoms with van der Waals surface area (Å²) in [7, 11) is 0. The van der Waals surface area contributed by atoms with Crippen LogP contribution in [0.1, 0.15) is 25.3 Å². The second kappa shape index (κ2) is 2.64. The highest BCUT2D eigenvalue weighted by molar-refractivity contribution is 5.10. The molecule has 0 atom stereocenters. The SMILES string of the molecule is Cc1cc(C(C)(C)ON)no1. The fourth-order valence-corrected chi connectivity index (χ4v) is 0.711. The molecule has 1 heterocycles. The van der Waals surface area contributed by atoms with Gasteiger partial charge in [-0.25, -0.2) is 5.90 Å². The lowest BCUT2D eigenvalue weighted by Gasteiger charge is -2.17. The van der Waals surface area contributed by atoms with E-state index in [1.165, 1.54) is 0 Å². The van der Waals surface area contributed by atoms with Crippen LogP contribution in [0.25, 0.3) is 0 Å². The first kappa shape index (κ1) is 8.23. The van der Waals surface area contributed by atoms with Crippen molar-refractivity contribution in [2.24, 2.45) is 5.90 Å². The average molecular weight is 156 g/mol. The summed E-state index contributed by atoms with van der Waals surface area (Å²) in [4.78, 5) is 4.71. The van der Waals surface area contributed by atoms with E-state index in [0.717, 1.165) is 5.76 Å². The van der Waals surface area contributed by atoms with Crippen LogP contribution in [0.2, 0.25) is 0 Å². The lowest BCUT2D eigenvalue weighted by Crippen LogP contribution is -2.25. The maximum absolute atomic E-state index is 5.07. The molecule has 1 aromatic rings. The minimum absolute atomic E-state index is 0.572. The van der Waals surface area contributed by atoms with Gasteiger partial charge in [0.05, 0.1) is 0 Å². The summed E-state index contributed by atoms with van der Waals surface area (Å²) in [6.45, 7) is 5.47. The highest BCUT2D eigenvalue weighted by atomic mass is 16.6. The van der Waals surface area contributed by atoms with Gasteiger partial charge in [0.1, 0.15) is 17.1 Å². The number of nitrogens with zero attached hydrogens (tertiary/aromatic N) is 1. The predicted molar refractivity (Wildman–Crippen MR) is 39.5 cm³/mol. The third-order valence-corrected chi connectivity index (χ3v) is 1.54. The molecule has 0 amide bonds. The van der Waals surface area contributed by atoms with Gasteiger partial charge in [0, 0.05) is 6.07 Å². The van der Waals surface area contributed by atoms with Crippen LogP contribution in [0, 0.1) is 6.92 Å². The van der Waals surface area contributed by atoms with E-state index in [4.69, 9.17) is 15.3 Å². The third-order valence-electron chi connectivity index (χ3n) is 1.54. The Morgan fingerprint density at radius 2 is 2.27 bits per heavy atom. The van der Waals surface area contributed by atoms with Crippen molar-refractivity contribution in [3.63, 3.8) is 0 Å². The Labute approximate surface area is 65.3 Å². The molecule has 1 rings (SSSR count). The largest absolute Gasteiger partial charge is 0.361 e. The second-order valence-corrected chi connectivity index (χ2v) is 2.95. The smallest absolute Gasteiger partial charge is 0.134 e. The van der Waals surface area contributed by atoms with Crippen molar-refractivity contribution in [1.29, 1.82) is 0 Å². The van der Waals surface area contributed by atoms with E-state index < -0.39 is 5.60 Å². The van der Waals surface area contributed by atoms with Crippen LogP contribution in [0.15, 0.2) is 10.6 Å². The molecule has 2 N–H and O–H groups in total. The standard InChI is InChI=1S/C7H12N2O2/c1-5-4-6(9-10-5)7(2,3)11-8/h4H,8H2,1-3H3. The van der Waals surface area contributed by atoms with Crippen molar-refractivity contribution in [2.45, 2.75) is 26.4 Å². The molecule has 0 aromatic carbocycles. The van der Waals surface area contributed by atoms with Crippen LogP contribution < -0.4 is 5.90 Å². The van der Waals surface area contributed by atoms with Gasteiger partial charge in [0.2, 0.25) is 0 Å². The normalized spacial score (nSPS) is 12.0. The van der Waals surface area contributed by atoms with Gasteiger partial charge in [0.25, 0.3) is 0 Å². The van der Waals surface area contributed by atoms with Crippen LogP contribution >= 0.6 is 0 Å². The minimum atomic E-state index is -0.572. The van der Waals surface area contributed by atoms with Crippen molar-refractivity contribution in [3.05, 3.63) is 17.5 Å². The summed E-state index contributed by atoms with van der Waals surface area (Å²) in [6, 6.07) is 1.80. The number of hydrogen-bond acceptors (Lipinski definition) is 4. The molecule has 0 saturated carbocycles. The van der Waals surface area contributed by atoms with E-state index in [1.54, 1.807) is 6.07 Å². The molecule has 0 spiro atoms. The van der Waals surface area contributed by atoms with E-state index in [-0.39, 0.29) is 0 Å². The Hall–Kier alpha value is -0.870.